The minimum Gasteiger partial charge on any atom is -0.462 e. The van der Waals surface area contributed by atoms with E-state index in [0.717, 1.165) is 100 Å². The standard InChI is InChI=1S/C42H76N4O3.3ClH/c1-31(2)12-8-13-32(3)36-18-19-37-35-17-16-33-30-34(20-22-41(33,4)38(35)21-23-42(36,37)5)49-40(48)15-9-14-39(47)46(29-11-25-44)28-7-6-26-45-27-10-24-43;;;/h16,31-32,34-38,45H,6-15,17-30,43-44H2,1-5H3;3*1H/t32-,34+,35+,36-,37+,38+,41+,42-;;;/m1.../s1. The van der Waals surface area contributed by atoms with Crippen molar-refractivity contribution >= 4 is 49.1 Å². The van der Waals surface area contributed by atoms with Crippen molar-refractivity contribution in [2.75, 3.05) is 39.3 Å². The van der Waals surface area contributed by atoms with Gasteiger partial charge in [0.2, 0.25) is 5.91 Å². The van der Waals surface area contributed by atoms with Gasteiger partial charge in [-0.2, -0.15) is 0 Å². The Morgan fingerprint density at radius 1 is 0.846 bits per heavy atom. The third kappa shape index (κ3) is 13.0. The number of rotatable bonds is 21. The summed E-state index contributed by atoms with van der Waals surface area (Å²) < 4.78 is 6.08. The minimum atomic E-state index is -0.138. The summed E-state index contributed by atoms with van der Waals surface area (Å²) in [7, 11) is 0. The van der Waals surface area contributed by atoms with Crippen LogP contribution in [0, 0.1) is 46.3 Å². The van der Waals surface area contributed by atoms with Crippen molar-refractivity contribution in [3.8, 4) is 0 Å². The molecule has 0 heterocycles. The van der Waals surface area contributed by atoms with Gasteiger partial charge >= 0.3 is 5.97 Å². The molecule has 7 nitrogen and oxygen atoms in total. The van der Waals surface area contributed by atoms with E-state index < -0.39 is 0 Å². The SMILES string of the molecule is CC(C)CCC[C@@H](C)[C@H]1CC[C@H]2[C@@H]3CC=C4C[C@@H](OC(=O)CCCC(=O)N(CCCN)CCCCNCCCN)CC[C@]4(C)[C@H]3CC[C@]12C.Cl.Cl.Cl. The van der Waals surface area contributed by atoms with Gasteiger partial charge in [-0.25, -0.2) is 0 Å². The molecule has 8 atom stereocenters. The Kier molecular flexibility index (Phi) is 23.0. The Balaban J connectivity index is 0.00000451. The summed E-state index contributed by atoms with van der Waals surface area (Å²) in [5.41, 5.74) is 13.6. The highest BCUT2D eigenvalue weighted by Crippen LogP contribution is 2.67. The van der Waals surface area contributed by atoms with Crippen LogP contribution in [-0.4, -0.2) is 62.1 Å². The summed E-state index contributed by atoms with van der Waals surface area (Å²) in [4.78, 5) is 27.9. The Hall–Kier alpha value is -0.570. The molecule has 0 aromatic heterocycles. The fourth-order valence-electron chi connectivity index (χ4n) is 11.1. The maximum absolute atomic E-state index is 13.0. The highest BCUT2D eigenvalue weighted by atomic mass is 35.5. The zero-order chi connectivity index (χ0) is 35.4. The Morgan fingerprint density at radius 3 is 2.27 bits per heavy atom. The number of nitrogens with zero attached hydrogens (tertiary/aromatic N) is 1. The maximum Gasteiger partial charge on any atom is 0.306 e. The van der Waals surface area contributed by atoms with Crippen LogP contribution in [0.3, 0.4) is 0 Å². The van der Waals surface area contributed by atoms with Gasteiger partial charge in [0.1, 0.15) is 6.10 Å². The largest absolute Gasteiger partial charge is 0.462 e. The van der Waals surface area contributed by atoms with E-state index >= 15 is 0 Å². The topological polar surface area (TPSA) is 111 Å². The number of hydrogen-bond acceptors (Lipinski definition) is 6. The molecule has 0 aromatic rings. The predicted octanol–water partition coefficient (Wildman–Crippen LogP) is 9.27. The summed E-state index contributed by atoms with van der Waals surface area (Å²) in [6.45, 7) is 17.1. The van der Waals surface area contributed by atoms with Crippen molar-refractivity contribution in [1.29, 1.82) is 0 Å². The number of nitrogens with one attached hydrogen (secondary N) is 1. The summed E-state index contributed by atoms with van der Waals surface area (Å²) in [6, 6.07) is 0. The average Bonchev–Trinajstić information content (AvgIpc) is 3.43. The molecule has 4 rings (SSSR count). The van der Waals surface area contributed by atoms with E-state index in [1.807, 2.05) is 4.90 Å². The van der Waals surface area contributed by atoms with E-state index in [1.54, 1.807) is 5.57 Å². The van der Waals surface area contributed by atoms with Crippen LogP contribution in [0.2, 0.25) is 0 Å². The van der Waals surface area contributed by atoms with Gasteiger partial charge in [-0.3, -0.25) is 9.59 Å². The number of halogens is 3. The highest BCUT2D eigenvalue weighted by Gasteiger charge is 2.59. The molecule has 4 aliphatic carbocycles. The second-order valence-corrected chi connectivity index (χ2v) is 17.6. The van der Waals surface area contributed by atoms with Crippen LogP contribution < -0.4 is 16.8 Å². The van der Waals surface area contributed by atoms with Crippen LogP contribution in [-0.2, 0) is 14.3 Å². The average molecular weight is 794 g/mol. The van der Waals surface area contributed by atoms with Crippen molar-refractivity contribution in [2.45, 2.75) is 156 Å². The zero-order valence-corrected chi connectivity index (χ0v) is 36.1. The summed E-state index contributed by atoms with van der Waals surface area (Å²) >= 11 is 0. The number of hydrogen-bond donors (Lipinski definition) is 3. The molecule has 1 amide bonds. The third-order valence-electron chi connectivity index (χ3n) is 13.9. The normalized spacial score (nSPS) is 29.6. The van der Waals surface area contributed by atoms with Gasteiger partial charge in [0.05, 0.1) is 0 Å². The fourth-order valence-corrected chi connectivity index (χ4v) is 11.1. The van der Waals surface area contributed by atoms with Crippen LogP contribution in [0.1, 0.15) is 150 Å². The van der Waals surface area contributed by atoms with Crippen LogP contribution in [0.25, 0.3) is 0 Å². The fraction of sp³-hybridized carbons (Fsp3) is 0.905. The molecular weight excluding hydrogens is 715 g/mol. The molecule has 4 aliphatic rings. The summed E-state index contributed by atoms with van der Waals surface area (Å²) in [5.74, 6) is 5.01. The van der Waals surface area contributed by atoms with Gasteiger partial charge in [-0.05, 0) is 150 Å². The lowest BCUT2D eigenvalue weighted by Gasteiger charge is -2.58. The van der Waals surface area contributed by atoms with Crippen molar-refractivity contribution in [1.82, 2.24) is 10.2 Å². The number of carbonyl (C=O) groups is 2. The van der Waals surface area contributed by atoms with E-state index in [2.05, 4.69) is 46.0 Å². The lowest BCUT2D eigenvalue weighted by atomic mass is 9.47. The molecule has 0 radical (unpaired) electrons. The first-order chi connectivity index (χ1) is 23.5. The van der Waals surface area contributed by atoms with Crippen LogP contribution in [0.5, 0.6) is 0 Å². The monoisotopic (exact) mass is 793 g/mol. The van der Waals surface area contributed by atoms with E-state index in [1.165, 1.54) is 51.4 Å². The number of allylic oxidation sites excluding steroid dienone is 1. The van der Waals surface area contributed by atoms with Crippen molar-refractivity contribution in [2.24, 2.45) is 57.8 Å². The Morgan fingerprint density at radius 2 is 1.56 bits per heavy atom. The molecule has 0 saturated heterocycles. The summed E-state index contributed by atoms with van der Waals surface area (Å²) in [6.07, 6.45) is 21.6. The molecule has 10 heteroatoms. The molecule has 0 unspecified atom stereocenters. The number of amides is 1. The molecule has 0 spiro atoms. The number of nitrogens with two attached hydrogens (primary N) is 2. The maximum atomic E-state index is 13.0. The number of fused-ring (bicyclic) bond motifs is 5. The van der Waals surface area contributed by atoms with Gasteiger partial charge in [-0.15, -0.1) is 37.2 Å². The van der Waals surface area contributed by atoms with Gasteiger partial charge in [-0.1, -0.05) is 65.5 Å². The first-order valence-electron chi connectivity index (χ1n) is 20.8. The predicted molar refractivity (Wildman–Crippen MR) is 225 cm³/mol. The number of ether oxygens (including phenoxy) is 1. The van der Waals surface area contributed by atoms with E-state index in [9.17, 15) is 9.59 Å². The molecule has 0 aliphatic heterocycles. The number of carbonyl (C=O) groups excluding carboxylic acids is 2. The Labute approximate surface area is 337 Å². The number of unbranched alkanes of at least 4 members (excludes halogenated alkanes) is 1. The van der Waals surface area contributed by atoms with Gasteiger partial charge in [0.15, 0.2) is 0 Å². The first-order valence-corrected chi connectivity index (χ1v) is 20.8. The zero-order valence-electron chi connectivity index (χ0n) is 33.6. The van der Waals surface area contributed by atoms with Crippen LogP contribution in [0.4, 0.5) is 0 Å². The molecular formula is C42H79Cl3N4O3. The van der Waals surface area contributed by atoms with Gasteiger partial charge < -0.3 is 26.4 Å². The lowest BCUT2D eigenvalue weighted by molar-refractivity contribution is -0.151. The van der Waals surface area contributed by atoms with Gasteiger partial charge in [0.25, 0.3) is 0 Å². The van der Waals surface area contributed by atoms with Crippen LogP contribution in [0.15, 0.2) is 11.6 Å². The second-order valence-electron chi connectivity index (χ2n) is 17.6. The minimum absolute atomic E-state index is 0. The van der Waals surface area contributed by atoms with E-state index in [0.29, 0.717) is 44.3 Å². The molecule has 0 bridgehead atoms. The van der Waals surface area contributed by atoms with Gasteiger partial charge in [0, 0.05) is 32.4 Å². The lowest BCUT2D eigenvalue weighted by Crippen LogP contribution is -2.51. The summed E-state index contributed by atoms with van der Waals surface area (Å²) in [5, 5.41) is 3.41. The van der Waals surface area contributed by atoms with Crippen LogP contribution >= 0.6 is 37.2 Å². The quantitative estimate of drug-likeness (QED) is 0.0608. The second kappa shape index (κ2) is 24.1. The molecule has 3 fully saturated rings. The smallest absolute Gasteiger partial charge is 0.306 e. The molecule has 3 saturated carbocycles. The van der Waals surface area contributed by atoms with Crippen molar-refractivity contribution in [3.05, 3.63) is 11.6 Å². The van der Waals surface area contributed by atoms with E-state index in [-0.39, 0.29) is 60.6 Å². The highest BCUT2D eigenvalue weighted by molar-refractivity contribution is 5.86. The Bertz CT molecular complexity index is 1080. The molecule has 5 N–H and O–H groups in total. The van der Waals surface area contributed by atoms with Crippen molar-refractivity contribution in [3.63, 3.8) is 0 Å². The third-order valence-corrected chi connectivity index (χ3v) is 13.9. The molecule has 306 valence electrons. The van der Waals surface area contributed by atoms with E-state index in [4.69, 9.17) is 16.2 Å². The molecule has 52 heavy (non-hydrogen) atoms. The number of esters is 1. The first kappa shape index (κ1) is 49.4. The van der Waals surface area contributed by atoms with Crippen molar-refractivity contribution < 1.29 is 14.3 Å². The molecule has 0 aromatic carbocycles.